The number of nitrogens with zero attached hydrogens (tertiary/aromatic N) is 3. The molecule has 0 aliphatic heterocycles. The minimum atomic E-state index is -0.267. The first-order chi connectivity index (χ1) is 13.7. The maximum absolute atomic E-state index is 12.5. The fourth-order valence-electron chi connectivity index (χ4n) is 2.66. The molecule has 0 fully saturated rings. The number of methoxy groups -OCH3 is 1. The van der Waals surface area contributed by atoms with Crippen LogP contribution in [0.25, 0.3) is 22.9 Å². The fraction of sp³-hybridized carbons (Fsp3) is 0.0476. The van der Waals surface area contributed by atoms with Crippen LogP contribution >= 0.6 is 0 Å². The highest BCUT2D eigenvalue weighted by molar-refractivity contribution is 6.06. The Labute approximate surface area is 161 Å². The third-order valence-corrected chi connectivity index (χ3v) is 4.09. The van der Waals surface area contributed by atoms with Crippen LogP contribution in [0.4, 0.5) is 5.69 Å². The van der Waals surface area contributed by atoms with Crippen LogP contribution in [0.15, 0.2) is 77.5 Å². The molecule has 7 nitrogen and oxygen atoms in total. The summed E-state index contributed by atoms with van der Waals surface area (Å²) in [5, 5.41) is 11.1. The molecule has 0 spiro atoms. The Kier molecular flexibility index (Phi) is 4.79. The third-order valence-electron chi connectivity index (χ3n) is 4.09. The van der Waals surface area contributed by atoms with Crippen molar-refractivity contribution in [2.45, 2.75) is 0 Å². The minimum Gasteiger partial charge on any atom is -0.497 e. The molecule has 138 valence electrons. The van der Waals surface area contributed by atoms with Gasteiger partial charge in [0.2, 0.25) is 11.8 Å². The van der Waals surface area contributed by atoms with Crippen LogP contribution in [0.2, 0.25) is 0 Å². The van der Waals surface area contributed by atoms with E-state index < -0.39 is 0 Å². The number of ether oxygens (including phenoxy) is 1. The van der Waals surface area contributed by atoms with E-state index >= 15 is 0 Å². The van der Waals surface area contributed by atoms with Gasteiger partial charge < -0.3 is 14.5 Å². The number of carbonyl (C=O) groups excluding carboxylic acids is 1. The lowest BCUT2D eigenvalue weighted by Crippen LogP contribution is -2.12. The second kappa shape index (κ2) is 7.71. The number of carbonyl (C=O) groups is 1. The van der Waals surface area contributed by atoms with Crippen molar-refractivity contribution in [3.05, 3.63) is 78.6 Å². The number of aromatic nitrogens is 3. The molecular weight excluding hydrogens is 356 g/mol. The number of amides is 1. The summed E-state index contributed by atoms with van der Waals surface area (Å²) in [4.78, 5) is 16.5. The molecule has 2 aromatic heterocycles. The van der Waals surface area contributed by atoms with Gasteiger partial charge in [0.25, 0.3) is 5.91 Å². The second-order valence-electron chi connectivity index (χ2n) is 5.88. The van der Waals surface area contributed by atoms with E-state index in [1.54, 1.807) is 49.8 Å². The van der Waals surface area contributed by atoms with Crippen LogP contribution in [-0.2, 0) is 0 Å². The van der Waals surface area contributed by atoms with Crippen molar-refractivity contribution in [2.24, 2.45) is 0 Å². The molecule has 7 heteroatoms. The van der Waals surface area contributed by atoms with E-state index in [0.717, 1.165) is 5.56 Å². The zero-order valence-electron chi connectivity index (χ0n) is 15.0. The van der Waals surface area contributed by atoms with Gasteiger partial charge in [0, 0.05) is 23.5 Å². The first kappa shape index (κ1) is 17.4. The van der Waals surface area contributed by atoms with Crippen molar-refractivity contribution in [3.8, 4) is 28.7 Å². The molecule has 2 heterocycles. The number of benzene rings is 2. The van der Waals surface area contributed by atoms with Crippen LogP contribution in [-0.4, -0.2) is 28.2 Å². The lowest BCUT2D eigenvalue weighted by atomic mass is 10.1. The SMILES string of the molecule is COc1ccc(NC(=O)c2ccncc2)c(-c2nnc(-c3ccccc3)o2)c1. The molecule has 2 aromatic carbocycles. The zero-order valence-corrected chi connectivity index (χ0v) is 15.0. The molecule has 1 N–H and O–H groups in total. The van der Waals surface area contributed by atoms with Crippen LogP contribution in [0.5, 0.6) is 5.75 Å². The molecule has 0 saturated carbocycles. The van der Waals surface area contributed by atoms with Gasteiger partial charge in [0.15, 0.2) is 0 Å². The summed E-state index contributed by atoms with van der Waals surface area (Å²) in [6, 6.07) is 18.0. The van der Waals surface area contributed by atoms with Gasteiger partial charge in [-0.1, -0.05) is 18.2 Å². The lowest BCUT2D eigenvalue weighted by Gasteiger charge is -2.10. The molecule has 1 amide bonds. The van der Waals surface area contributed by atoms with Crippen LogP contribution in [0.3, 0.4) is 0 Å². The Morgan fingerprint density at radius 3 is 2.46 bits per heavy atom. The summed E-state index contributed by atoms with van der Waals surface area (Å²) in [5.74, 6) is 1.01. The van der Waals surface area contributed by atoms with Crippen molar-refractivity contribution in [1.29, 1.82) is 0 Å². The molecule has 0 saturated heterocycles. The van der Waals surface area contributed by atoms with E-state index in [9.17, 15) is 4.79 Å². The Morgan fingerprint density at radius 2 is 1.71 bits per heavy atom. The van der Waals surface area contributed by atoms with Gasteiger partial charge in [0.1, 0.15) is 5.75 Å². The number of nitrogens with one attached hydrogen (secondary N) is 1. The van der Waals surface area contributed by atoms with Crippen molar-refractivity contribution >= 4 is 11.6 Å². The van der Waals surface area contributed by atoms with Gasteiger partial charge in [-0.3, -0.25) is 9.78 Å². The van der Waals surface area contributed by atoms with Gasteiger partial charge in [-0.05, 0) is 42.5 Å². The molecule has 0 unspecified atom stereocenters. The Morgan fingerprint density at radius 1 is 0.964 bits per heavy atom. The van der Waals surface area contributed by atoms with E-state index in [1.807, 2.05) is 30.3 Å². The van der Waals surface area contributed by atoms with Crippen LogP contribution in [0.1, 0.15) is 10.4 Å². The molecule has 0 aliphatic carbocycles. The normalized spacial score (nSPS) is 10.5. The van der Waals surface area contributed by atoms with E-state index in [4.69, 9.17) is 9.15 Å². The summed E-state index contributed by atoms with van der Waals surface area (Å²) < 4.78 is 11.1. The van der Waals surface area contributed by atoms with Crippen molar-refractivity contribution in [3.63, 3.8) is 0 Å². The summed E-state index contributed by atoms with van der Waals surface area (Å²) in [6.45, 7) is 0. The Hall–Kier alpha value is -4.00. The standard InChI is InChI=1S/C21H16N4O3/c1-27-16-7-8-18(23-19(26)14-9-11-22-12-10-14)17(13-16)21-25-24-20(28-21)15-5-3-2-4-6-15/h2-13H,1H3,(H,23,26). The minimum absolute atomic E-state index is 0.267. The largest absolute Gasteiger partial charge is 0.497 e. The average Bonchev–Trinajstić information content (AvgIpc) is 3.25. The molecule has 0 aliphatic rings. The molecule has 4 aromatic rings. The molecule has 4 rings (SSSR count). The monoisotopic (exact) mass is 372 g/mol. The zero-order chi connectivity index (χ0) is 19.3. The second-order valence-corrected chi connectivity index (χ2v) is 5.88. The number of hydrogen-bond donors (Lipinski definition) is 1. The first-order valence-electron chi connectivity index (χ1n) is 8.53. The summed E-state index contributed by atoms with van der Waals surface area (Å²) in [6.07, 6.45) is 3.13. The molecule has 0 bridgehead atoms. The van der Waals surface area contributed by atoms with Gasteiger partial charge >= 0.3 is 0 Å². The highest BCUT2D eigenvalue weighted by Crippen LogP contribution is 2.33. The average molecular weight is 372 g/mol. The van der Waals surface area contributed by atoms with Gasteiger partial charge in [-0.25, -0.2) is 0 Å². The lowest BCUT2D eigenvalue weighted by molar-refractivity contribution is 0.102. The predicted molar refractivity (Wildman–Crippen MR) is 104 cm³/mol. The number of rotatable bonds is 5. The van der Waals surface area contributed by atoms with E-state index in [-0.39, 0.29) is 11.8 Å². The highest BCUT2D eigenvalue weighted by Gasteiger charge is 2.17. The maximum Gasteiger partial charge on any atom is 0.255 e. The Balaban J connectivity index is 1.70. The topological polar surface area (TPSA) is 90.1 Å². The van der Waals surface area contributed by atoms with Gasteiger partial charge in [-0.15, -0.1) is 10.2 Å². The third kappa shape index (κ3) is 3.59. The summed E-state index contributed by atoms with van der Waals surface area (Å²) in [5.41, 5.74) is 2.40. The smallest absolute Gasteiger partial charge is 0.255 e. The van der Waals surface area contributed by atoms with Crippen molar-refractivity contribution in [1.82, 2.24) is 15.2 Å². The molecule has 0 radical (unpaired) electrons. The Bertz CT molecular complexity index is 1100. The van der Waals surface area contributed by atoms with Gasteiger partial charge in [-0.2, -0.15) is 0 Å². The van der Waals surface area contributed by atoms with E-state index in [0.29, 0.717) is 28.5 Å². The van der Waals surface area contributed by atoms with Crippen molar-refractivity contribution < 1.29 is 13.9 Å². The van der Waals surface area contributed by atoms with Crippen molar-refractivity contribution in [2.75, 3.05) is 12.4 Å². The quantitative estimate of drug-likeness (QED) is 0.568. The molecule has 28 heavy (non-hydrogen) atoms. The van der Waals surface area contributed by atoms with Gasteiger partial charge in [0.05, 0.1) is 18.4 Å². The number of pyridine rings is 1. The number of anilines is 1. The number of hydrogen-bond acceptors (Lipinski definition) is 6. The predicted octanol–water partition coefficient (Wildman–Crippen LogP) is 4.06. The summed E-state index contributed by atoms with van der Waals surface area (Å²) >= 11 is 0. The maximum atomic E-state index is 12.5. The highest BCUT2D eigenvalue weighted by atomic mass is 16.5. The van der Waals surface area contributed by atoms with E-state index in [2.05, 4.69) is 20.5 Å². The van der Waals surface area contributed by atoms with Crippen LogP contribution in [0, 0.1) is 0 Å². The van der Waals surface area contributed by atoms with E-state index in [1.165, 1.54) is 0 Å². The molecular formula is C21H16N4O3. The summed E-state index contributed by atoms with van der Waals surface area (Å²) in [7, 11) is 1.57. The fourth-order valence-corrected chi connectivity index (χ4v) is 2.66. The van der Waals surface area contributed by atoms with Crippen LogP contribution < -0.4 is 10.1 Å². The molecule has 0 atom stereocenters. The first-order valence-corrected chi connectivity index (χ1v) is 8.53.